The van der Waals surface area contributed by atoms with Crippen LogP contribution in [0, 0.1) is 0 Å². The van der Waals surface area contributed by atoms with Crippen molar-refractivity contribution in [3.05, 3.63) is 113 Å². The fourth-order valence-corrected chi connectivity index (χ4v) is 3.58. The van der Waals surface area contributed by atoms with E-state index in [0.29, 0.717) is 29.2 Å². The molecule has 0 saturated carbocycles. The van der Waals surface area contributed by atoms with Gasteiger partial charge in [0.15, 0.2) is 0 Å². The van der Waals surface area contributed by atoms with Crippen LogP contribution in [0.1, 0.15) is 29.7 Å². The molecule has 1 unspecified atom stereocenters. The predicted octanol–water partition coefficient (Wildman–Crippen LogP) is 4.64. The molecule has 3 aromatic rings. The fraction of sp³-hybridized carbons (Fsp3) is 0.154. The van der Waals surface area contributed by atoms with Crippen LogP contribution in [0.25, 0.3) is 0 Å². The Balaban J connectivity index is 1.58. The Kier molecular flexibility index (Phi) is 6.51. The molecule has 1 heterocycles. The number of allylic oxidation sites excluding steroid dienone is 1. The largest absolute Gasteiger partial charge is 0.489 e. The molecule has 4 rings (SSSR count). The third kappa shape index (κ3) is 4.98. The van der Waals surface area contributed by atoms with E-state index in [4.69, 9.17) is 9.47 Å². The highest BCUT2D eigenvalue weighted by Crippen LogP contribution is 2.34. The summed E-state index contributed by atoms with van der Waals surface area (Å²) < 4.78 is 11.6. The Morgan fingerprint density at radius 2 is 1.44 bits per heavy atom. The molecule has 0 aliphatic carbocycles. The van der Waals surface area contributed by atoms with E-state index in [9.17, 15) is 9.59 Å². The number of carbonyl (C=O) groups excluding carboxylic acids is 2. The number of rotatable bonds is 7. The van der Waals surface area contributed by atoms with Crippen molar-refractivity contribution in [1.82, 2.24) is 10.6 Å². The van der Waals surface area contributed by atoms with E-state index in [1.165, 1.54) is 0 Å². The average Bonchev–Trinajstić information content (AvgIpc) is 2.82. The van der Waals surface area contributed by atoms with Crippen LogP contribution in [-0.4, -0.2) is 12.0 Å². The number of amides is 2. The number of esters is 1. The number of hydrogen-bond acceptors (Lipinski definition) is 4. The van der Waals surface area contributed by atoms with E-state index < -0.39 is 12.0 Å². The molecule has 1 aliphatic heterocycles. The minimum Gasteiger partial charge on any atom is -0.489 e. The van der Waals surface area contributed by atoms with Crippen molar-refractivity contribution in [2.75, 3.05) is 0 Å². The molecule has 0 bridgehead atoms. The number of para-hydroxylation sites is 1. The predicted molar refractivity (Wildman–Crippen MR) is 121 cm³/mol. The Labute approximate surface area is 186 Å². The molecule has 0 radical (unpaired) electrons. The highest BCUT2D eigenvalue weighted by atomic mass is 16.5. The van der Waals surface area contributed by atoms with E-state index in [1.807, 2.05) is 84.9 Å². The van der Waals surface area contributed by atoms with Gasteiger partial charge < -0.3 is 20.1 Å². The van der Waals surface area contributed by atoms with Gasteiger partial charge >= 0.3 is 12.0 Å². The first-order chi connectivity index (χ1) is 15.6. The number of benzene rings is 3. The maximum absolute atomic E-state index is 13.1. The average molecular weight is 428 g/mol. The first kappa shape index (κ1) is 21.2. The lowest BCUT2D eigenvalue weighted by Gasteiger charge is -2.29. The Hall–Kier alpha value is -4.06. The summed E-state index contributed by atoms with van der Waals surface area (Å²) in [5.74, 6) is 0.0893. The monoisotopic (exact) mass is 428 g/mol. The quantitative estimate of drug-likeness (QED) is 0.538. The van der Waals surface area contributed by atoms with Crippen LogP contribution in [0.2, 0.25) is 0 Å². The molecule has 6 heteroatoms. The summed E-state index contributed by atoms with van der Waals surface area (Å²) in [6.07, 6.45) is 0. The molecule has 0 fully saturated rings. The molecule has 0 spiro atoms. The zero-order valence-corrected chi connectivity index (χ0v) is 17.7. The van der Waals surface area contributed by atoms with Crippen LogP contribution in [-0.2, 0) is 22.7 Å². The van der Waals surface area contributed by atoms with Gasteiger partial charge in [0.25, 0.3) is 0 Å². The fourth-order valence-electron chi connectivity index (χ4n) is 3.58. The standard InChI is InChI=1S/C26H24N2O4/c1-18-23(25(29)32-17-20-12-6-3-7-13-20)24(28-26(30)27-18)21-14-8-9-15-22(21)31-16-19-10-4-2-5-11-19/h2-15,24H,16-17H2,1H3,(H2,27,28,30). The van der Waals surface area contributed by atoms with Crippen molar-refractivity contribution < 1.29 is 19.1 Å². The van der Waals surface area contributed by atoms with Gasteiger partial charge in [-0.1, -0.05) is 78.9 Å². The Morgan fingerprint density at radius 3 is 2.12 bits per heavy atom. The van der Waals surface area contributed by atoms with Gasteiger partial charge in [-0.3, -0.25) is 0 Å². The van der Waals surface area contributed by atoms with Gasteiger partial charge in [-0.25, -0.2) is 9.59 Å². The summed E-state index contributed by atoms with van der Waals surface area (Å²) in [4.78, 5) is 25.3. The highest BCUT2D eigenvalue weighted by molar-refractivity contribution is 5.95. The SMILES string of the molecule is CC1=C(C(=O)OCc2ccccc2)C(c2ccccc2OCc2ccccc2)NC(=O)N1. The van der Waals surface area contributed by atoms with Crippen molar-refractivity contribution in [1.29, 1.82) is 0 Å². The number of hydrogen-bond donors (Lipinski definition) is 2. The molecule has 162 valence electrons. The summed E-state index contributed by atoms with van der Waals surface area (Å²) in [6, 6.07) is 25.6. The molecule has 1 aliphatic rings. The van der Waals surface area contributed by atoms with E-state index in [2.05, 4.69) is 10.6 Å². The molecule has 0 saturated heterocycles. The lowest BCUT2D eigenvalue weighted by molar-refractivity contribution is -0.140. The zero-order valence-electron chi connectivity index (χ0n) is 17.7. The molecule has 2 N–H and O–H groups in total. The second kappa shape index (κ2) is 9.83. The first-order valence-electron chi connectivity index (χ1n) is 10.4. The minimum absolute atomic E-state index is 0.142. The van der Waals surface area contributed by atoms with Crippen molar-refractivity contribution >= 4 is 12.0 Å². The summed E-state index contributed by atoms with van der Waals surface area (Å²) in [7, 11) is 0. The van der Waals surface area contributed by atoms with Crippen LogP contribution < -0.4 is 15.4 Å². The van der Waals surface area contributed by atoms with E-state index in [0.717, 1.165) is 11.1 Å². The lowest BCUT2D eigenvalue weighted by atomic mass is 9.95. The summed E-state index contributed by atoms with van der Waals surface area (Å²) in [5, 5.41) is 5.52. The van der Waals surface area contributed by atoms with Gasteiger partial charge in [0.1, 0.15) is 19.0 Å². The molecular formula is C26H24N2O4. The maximum atomic E-state index is 13.1. The van der Waals surface area contributed by atoms with Gasteiger partial charge in [-0.2, -0.15) is 0 Å². The minimum atomic E-state index is -0.695. The number of ether oxygens (including phenoxy) is 2. The van der Waals surface area contributed by atoms with Crippen LogP contribution >= 0.6 is 0 Å². The van der Waals surface area contributed by atoms with Gasteiger partial charge in [0.2, 0.25) is 0 Å². The van der Waals surface area contributed by atoms with Crippen molar-refractivity contribution in [3.8, 4) is 5.75 Å². The normalized spacial score (nSPS) is 15.5. The van der Waals surface area contributed by atoms with Gasteiger partial charge in [0.05, 0.1) is 11.6 Å². The number of urea groups is 1. The van der Waals surface area contributed by atoms with Crippen LogP contribution in [0.3, 0.4) is 0 Å². The smallest absolute Gasteiger partial charge is 0.338 e. The van der Waals surface area contributed by atoms with E-state index in [-0.39, 0.29) is 12.6 Å². The topological polar surface area (TPSA) is 76.7 Å². The summed E-state index contributed by atoms with van der Waals surface area (Å²) >= 11 is 0. The zero-order chi connectivity index (χ0) is 22.3. The van der Waals surface area contributed by atoms with E-state index >= 15 is 0 Å². The molecular weight excluding hydrogens is 404 g/mol. The summed E-state index contributed by atoms with van der Waals surface area (Å²) in [6.45, 7) is 2.20. The van der Waals surface area contributed by atoms with E-state index in [1.54, 1.807) is 6.92 Å². The molecule has 3 aromatic carbocycles. The third-order valence-electron chi connectivity index (χ3n) is 5.17. The Morgan fingerprint density at radius 1 is 0.844 bits per heavy atom. The van der Waals surface area contributed by atoms with Crippen molar-refractivity contribution in [2.24, 2.45) is 0 Å². The van der Waals surface area contributed by atoms with Crippen LogP contribution in [0.4, 0.5) is 4.79 Å². The second-order valence-corrected chi connectivity index (χ2v) is 7.44. The molecule has 6 nitrogen and oxygen atoms in total. The van der Waals surface area contributed by atoms with Crippen LogP contribution in [0.15, 0.2) is 96.2 Å². The first-order valence-corrected chi connectivity index (χ1v) is 10.4. The van der Waals surface area contributed by atoms with Crippen molar-refractivity contribution in [3.63, 3.8) is 0 Å². The third-order valence-corrected chi connectivity index (χ3v) is 5.17. The Bertz CT molecular complexity index is 1130. The van der Waals surface area contributed by atoms with Crippen molar-refractivity contribution in [2.45, 2.75) is 26.2 Å². The highest BCUT2D eigenvalue weighted by Gasteiger charge is 2.34. The second-order valence-electron chi connectivity index (χ2n) is 7.44. The maximum Gasteiger partial charge on any atom is 0.338 e. The van der Waals surface area contributed by atoms with Gasteiger partial charge in [-0.05, 0) is 24.1 Å². The number of nitrogens with one attached hydrogen (secondary N) is 2. The van der Waals surface area contributed by atoms with Gasteiger partial charge in [-0.15, -0.1) is 0 Å². The van der Waals surface area contributed by atoms with Gasteiger partial charge in [0, 0.05) is 11.3 Å². The number of carbonyl (C=O) groups is 2. The summed E-state index contributed by atoms with van der Waals surface area (Å²) in [5.41, 5.74) is 3.39. The molecule has 0 aromatic heterocycles. The molecule has 2 amide bonds. The van der Waals surface area contributed by atoms with Crippen LogP contribution in [0.5, 0.6) is 5.75 Å². The molecule has 1 atom stereocenters. The molecule has 32 heavy (non-hydrogen) atoms. The lowest BCUT2D eigenvalue weighted by Crippen LogP contribution is -2.45.